The quantitative estimate of drug-likeness (QED) is 0.764. The van der Waals surface area contributed by atoms with Gasteiger partial charge in [0.1, 0.15) is 6.04 Å². The molecule has 126 valence electrons. The van der Waals surface area contributed by atoms with Gasteiger partial charge < -0.3 is 25.5 Å². The normalized spacial score (nSPS) is 16.7. The summed E-state index contributed by atoms with van der Waals surface area (Å²) in [4.78, 5) is 27.1. The summed E-state index contributed by atoms with van der Waals surface area (Å²) in [5.41, 5.74) is 1.77. The first-order valence-electron chi connectivity index (χ1n) is 7.87. The zero-order valence-corrected chi connectivity index (χ0v) is 13.6. The smallest absolute Gasteiger partial charge is 0.325 e. The molecule has 2 amide bonds. The molecule has 0 saturated carbocycles. The van der Waals surface area contributed by atoms with Crippen LogP contribution in [0.3, 0.4) is 0 Å². The summed E-state index contributed by atoms with van der Waals surface area (Å²) < 4.78 is 0. The Morgan fingerprint density at radius 2 is 1.78 bits per heavy atom. The molecule has 3 N–H and O–H groups in total. The van der Waals surface area contributed by atoms with Crippen LogP contribution in [-0.4, -0.2) is 60.8 Å². The molecule has 1 aliphatic heterocycles. The van der Waals surface area contributed by atoms with E-state index in [9.17, 15) is 9.59 Å². The van der Waals surface area contributed by atoms with Gasteiger partial charge in [-0.15, -0.1) is 0 Å². The highest BCUT2D eigenvalue weighted by Crippen LogP contribution is 2.19. The molecule has 1 aliphatic rings. The van der Waals surface area contributed by atoms with Crippen LogP contribution in [0.1, 0.15) is 13.8 Å². The number of benzene rings is 1. The number of nitrogens with one attached hydrogen (secondary N) is 2. The van der Waals surface area contributed by atoms with Gasteiger partial charge in [0.25, 0.3) is 0 Å². The average Bonchev–Trinajstić information content (AvgIpc) is 2.55. The Labute approximate surface area is 136 Å². The number of anilines is 2. The van der Waals surface area contributed by atoms with E-state index < -0.39 is 18.0 Å². The summed E-state index contributed by atoms with van der Waals surface area (Å²) in [5.74, 6) is -1.07. The molecular weight excluding hydrogens is 296 g/mol. The molecular formula is C16H24N4O3. The number of hydrogen-bond donors (Lipinski definition) is 3. The lowest BCUT2D eigenvalue weighted by Gasteiger charge is -2.35. The first-order chi connectivity index (χ1) is 11.0. The van der Waals surface area contributed by atoms with Crippen LogP contribution < -0.4 is 15.5 Å². The molecule has 1 heterocycles. The van der Waals surface area contributed by atoms with Crippen LogP contribution >= 0.6 is 0 Å². The second-order valence-electron chi connectivity index (χ2n) is 5.63. The molecule has 0 radical (unpaired) electrons. The molecule has 1 unspecified atom stereocenters. The Bertz CT molecular complexity index is 539. The lowest BCUT2D eigenvalue weighted by Crippen LogP contribution is -2.46. The number of hydrogen-bond acceptors (Lipinski definition) is 4. The number of likely N-dealkylation sites (N-methyl/N-ethyl adjacent to an activating group) is 1. The Kier molecular flexibility index (Phi) is 5.81. The second kappa shape index (κ2) is 7.82. The lowest BCUT2D eigenvalue weighted by molar-refractivity contribution is -0.138. The van der Waals surface area contributed by atoms with Crippen LogP contribution in [0.25, 0.3) is 0 Å². The van der Waals surface area contributed by atoms with Crippen LogP contribution in [-0.2, 0) is 4.79 Å². The zero-order chi connectivity index (χ0) is 16.8. The highest BCUT2D eigenvalue weighted by Gasteiger charge is 2.16. The minimum atomic E-state index is -1.07. The van der Waals surface area contributed by atoms with Crippen LogP contribution in [0, 0.1) is 0 Å². The molecule has 7 heteroatoms. The van der Waals surface area contributed by atoms with Crippen LogP contribution in [0.4, 0.5) is 16.2 Å². The number of aliphatic carboxylic acids is 1. The van der Waals surface area contributed by atoms with Crippen molar-refractivity contribution in [3.05, 3.63) is 24.3 Å². The lowest BCUT2D eigenvalue weighted by atomic mass is 10.2. The van der Waals surface area contributed by atoms with Crippen molar-refractivity contribution in [1.82, 2.24) is 10.2 Å². The number of rotatable bonds is 5. The van der Waals surface area contributed by atoms with E-state index in [0.29, 0.717) is 5.69 Å². The summed E-state index contributed by atoms with van der Waals surface area (Å²) in [6.45, 7) is 8.79. The van der Waals surface area contributed by atoms with E-state index in [1.165, 1.54) is 6.92 Å². The fraction of sp³-hybridized carbons (Fsp3) is 0.500. The van der Waals surface area contributed by atoms with Crippen molar-refractivity contribution in [2.75, 3.05) is 42.9 Å². The Morgan fingerprint density at radius 1 is 1.17 bits per heavy atom. The largest absolute Gasteiger partial charge is 0.480 e. The third-order valence-electron chi connectivity index (χ3n) is 4.03. The van der Waals surface area contributed by atoms with Crippen LogP contribution in [0.15, 0.2) is 24.3 Å². The molecule has 1 fully saturated rings. The standard InChI is InChI=1S/C16H24N4O3/c1-3-19-8-10-20(11-9-19)14-6-4-13(5-7-14)18-16(23)17-12(2)15(21)22/h4-7,12H,3,8-11H2,1-2H3,(H,21,22)(H2,17,18,23). The van der Waals surface area contributed by atoms with Crippen molar-refractivity contribution in [2.24, 2.45) is 0 Å². The second-order valence-corrected chi connectivity index (χ2v) is 5.63. The predicted octanol–water partition coefficient (Wildman–Crippen LogP) is 1.42. The summed E-state index contributed by atoms with van der Waals surface area (Å²) in [6.07, 6.45) is 0. The molecule has 0 aromatic heterocycles. The number of amides is 2. The van der Waals surface area contributed by atoms with E-state index in [1.54, 1.807) is 0 Å². The van der Waals surface area contributed by atoms with Gasteiger partial charge in [-0.1, -0.05) is 6.92 Å². The van der Waals surface area contributed by atoms with Crippen molar-refractivity contribution in [1.29, 1.82) is 0 Å². The highest BCUT2D eigenvalue weighted by molar-refractivity contribution is 5.92. The Morgan fingerprint density at radius 3 is 2.30 bits per heavy atom. The molecule has 23 heavy (non-hydrogen) atoms. The van der Waals surface area contributed by atoms with Gasteiger partial charge in [-0.25, -0.2) is 4.79 Å². The van der Waals surface area contributed by atoms with Gasteiger partial charge >= 0.3 is 12.0 Å². The Balaban J connectivity index is 1.87. The van der Waals surface area contributed by atoms with E-state index in [0.717, 1.165) is 38.4 Å². The van der Waals surface area contributed by atoms with E-state index in [2.05, 4.69) is 27.4 Å². The summed E-state index contributed by atoms with van der Waals surface area (Å²) in [6, 6.07) is 6.14. The number of urea groups is 1. The fourth-order valence-corrected chi connectivity index (χ4v) is 2.50. The number of carbonyl (C=O) groups is 2. The minimum absolute atomic E-state index is 0.524. The number of nitrogens with zero attached hydrogens (tertiary/aromatic N) is 2. The van der Waals surface area contributed by atoms with Crippen molar-refractivity contribution in [3.8, 4) is 0 Å². The van der Waals surface area contributed by atoms with Gasteiger partial charge in [0.2, 0.25) is 0 Å². The summed E-state index contributed by atoms with van der Waals surface area (Å²) in [5, 5.41) is 13.7. The van der Waals surface area contributed by atoms with Gasteiger partial charge in [-0.2, -0.15) is 0 Å². The Hall–Kier alpha value is -2.28. The van der Waals surface area contributed by atoms with Crippen molar-refractivity contribution >= 4 is 23.4 Å². The molecule has 7 nitrogen and oxygen atoms in total. The van der Waals surface area contributed by atoms with E-state index in [-0.39, 0.29) is 0 Å². The van der Waals surface area contributed by atoms with E-state index >= 15 is 0 Å². The maximum absolute atomic E-state index is 11.7. The highest BCUT2D eigenvalue weighted by atomic mass is 16.4. The molecule has 0 bridgehead atoms. The molecule has 2 rings (SSSR count). The van der Waals surface area contributed by atoms with Gasteiger partial charge in [0.05, 0.1) is 0 Å². The molecule has 0 aliphatic carbocycles. The van der Waals surface area contributed by atoms with Gasteiger partial charge in [-0.3, -0.25) is 4.79 Å². The topological polar surface area (TPSA) is 84.9 Å². The number of carboxylic acids is 1. The molecule has 1 aromatic rings. The van der Waals surface area contributed by atoms with Gasteiger partial charge in [0.15, 0.2) is 0 Å². The fourth-order valence-electron chi connectivity index (χ4n) is 2.50. The third kappa shape index (κ3) is 4.85. The van der Waals surface area contributed by atoms with Crippen molar-refractivity contribution in [2.45, 2.75) is 19.9 Å². The summed E-state index contributed by atoms with van der Waals surface area (Å²) in [7, 11) is 0. The van der Waals surface area contributed by atoms with Crippen molar-refractivity contribution in [3.63, 3.8) is 0 Å². The number of piperazine rings is 1. The van der Waals surface area contributed by atoms with Crippen LogP contribution in [0.2, 0.25) is 0 Å². The van der Waals surface area contributed by atoms with Crippen LogP contribution in [0.5, 0.6) is 0 Å². The van der Waals surface area contributed by atoms with E-state index in [4.69, 9.17) is 5.11 Å². The molecule has 1 atom stereocenters. The predicted molar refractivity (Wildman–Crippen MR) is 90.0 cm³/mol. The molecule has 1 aromatic carbocycles. The molecule has 0 spiro atoms. The maximum atomic E-state index is 11.7. The van der Waals surface area contributed by atoms with Crippen molar-refractivity contribution < 1.29 is 14.7 Å². The zero-order valence-electron chi connectivity index (χ0n) is 13.6. The molecule has 1 saturated heterocycles. The first kappa shape index (κ1) is 17.1. The number of carbonyl (C=O) groups excluding carboxylic acids is 1. The summed E-state index contributed by atoms with van der Waals surface area (Å²) >= 11 is 0. The maximum Gasteiger partial charge on any atom is 0.325 e. The van der Waals surface area contributed by atoms with E-state index in [1.807, 2.05) is 24.3 Å². The minimum Gasteiger partial charge on any atom is -0.480 e. The average molecular weight is 320 g/mol. The SMILES string of the molecule is CCN1CCN(c2ccc(NC(=O)NC(C)C(=O)O)cc2)CC1. The number of carboxylic acid groups (broad SMARTS) is 1. The monoisotopic (exact) mass is 320 g/mol. The van der Waals surface area contributed by atoms with Gasteiger partial charge in [0, 0.05) is 37.6 Å². The first-order valence-corrected chi connectivity index (χ1v) is 7.87. The third-order valence-corrected chi connectivity index (χ3v) is 4.03. The van der Waals surface area contributed by atoms with Gasteiger partial charge in [-0.05, 0) is 37.7 Å².